The highest BCUT2D eigenvalue weighted by atomic mass is 31.2. The van der Waals surface area contributed by atoms with Crippen LogP contribution in [0.3, 0.4) is 0 Å². The lowest BCUT2D eigenvalue weighted by molar-refractivity contribution is -0.123. The molecule has 8 nitrogen and oxygen atoms in total. The first-order valence-corrected chi connectivity index (χ1v) is 16.3. The number of hydrogen-bond donors (Lipinski definition) is 4. The summed E-state index contributed by atoms with van der Waals surface area (Å²) in [5, 5.41) is 13.4. The second-order valence-corrected chi connectivity index (χ2v) is 11.0. The van der Waals surface area contributed by atoms with Crippen molar-refractivity contribution >= 4 is 13.7 Å². The number of carbonyl (C=O) groups excluding carboxylic acids is 1. The average molecular weight is 571 g/mol. The van der Waals surface area contributed by atoms with Crippen molar-refractivity contribution < 1.29 is 28.4 Å². The van der Waals surface area contributed by atoms with Gasteiger partial charge in [-0.3, -0.25) is 13.8 Å². The van der Waals surface area contributed by atoms with Gasteiger partial charge in [0, 0.05) is 13.0 Å². The first-order valence-electron chi connectivity index (χ1n) is 14.8. The Morgan fingerprint density at radius 3 is 2.15 bits per heavy atom. The Morgan fingerprint density at radius 2 is 1.49 bits per heavy atom. The van der Waals surface area contributed by atoms with E-state index in [4.69, 9.17) is 14.8 Å². The summed E-state index contributed by atoms with van der Waals surface area (Å²) in [6.45, 7) is 3.88. The molecule has 0 aliphatic carbocycles. The summed E-state index contributed by atoms with van der Waals surface area (Å²) in [5.41, 5.74) is 5.31. The molecule has 3 atom stereocenters. The number of aliphatic hydroxyl groups excluding tert-OH is 1. The third-order valence-corrected chi connectivity index (χ3v) is 6.89. The van der Waals surface area contributed by atoms with Crippen LogP contribution in [0.25, 0.3) is 0 Å². The van der Waals surface area contributed by atoms with Crippen molar-refractivity contribution in [2.75, 3.05) is 19.8 Å². The highest BCUT2D eigenvalue weighted by Crippen LogP contribution is 2.43. The molecule has 5 N–H and O–H groups in total. The van der Waals surface area contributed by atoms with Gasteiger partial charge < -0.3 is 21.1 Å². The smallest absolute Gasteiger partial charge is 0.387 e. The molecular weight excluding hydrogens is 515 g/mol. The van der Waals surface area contributed by atoms with Crippen molar-refractivity contribution in [1.82, 2.24) is 5.32 Å². The van der Waals surface area contributed by atoms with Gasteiger partial charge >= 0.3 is 7.82 Å². The summed E-state index contributed by atoms with van der Waals surface area (Å²) in [4.78, 5) is 22.3. The standard InChI is InChI=1S/C30H55N2O6P/c1-3-5-7-9-11-12-13-14-15-16-18-20-22-24-30(34)32-28(27-38-39(35,36)37-26-25-31)29(33)23-21-19-17-10-8-6-4-2/h5,7,11-12,14-15,21,23,28-29,33H,3-4,6,8-10,13,16-20,22,24-27,31H2,1-2H3,(H,32,34)(H,35,36)/b7-5-,12-11-,15-14-,23-21+. The minimum atomic E-state index is -4.32. The summed E-state index contributed by atoms with van der Waals surface area (Å²) < 4.78 is 21.8. The van der Waals surface area contributed by atoms with E-state index in [2.05, 4.69) is 55.6 Å². The largest absolute Gasteiger partial charge is 0.472 e. The molecule has 0 aliphatic rings. The van der Waals surface area contributed by atoms with Gasteiger partial charge in [-0.15, -0.1) is 0 Å². The van der Waals surface area contributed by atoms with Gasteiger partial charge in [0.05, 0.1) is 25.4 Å². The van der Waals surface area contributed by atoms with Crippen LogP contribution >= 0.6 is 7.82 Å². The molecule has 0 aromatic carbocycles. The number of nitrogens with two attached hydrogens (primary N) is 1. The second-order valence-electron chi connectivity index (χ2n) is 9.58. The molecule has 0 fully saturated rings. The lowest BCUT2D eigenvalue weighted by Crippen LogP contribution is -2.45. The molecular formula is C30H55N2O6P. The zero-order chi connectivity index (χ0) is 29.0. The van der Waals surface area contributed by atoms with E-state index in [1.807, 2.05) is 6.08 Å². The third kappa shape index (κ3) is 25.2. The monoisotopic (exact) mass is 570 g/mol. The fourth-order valence-corrected chi connectivity index (χ4v) is 4.43. The van der Waals surface area contributed by atoms with Gasteiger partial charge in [-0.1, -0.05) is 94.6 Å². The molecule has 9 heteroatoms. The molecule has 0 bridgehead atoms. The first-order chi connectivity index (χ1) is 18.9. The maximum Gasteiger partial charge on any atom is 0.472 e. The van der Waals surface area contributed by atoms with Crippen LogP contribution in [0.2, 0.25) is 0 Å². The van der Waals surface area contributed by atoms with Gasteiger partial charge in [0.25, 0.3) is 0 Å². The molecule has 39 heavy (non-hydrogen) atoms. The Balaban J connectivity index is 4.49. The maximum absolute atomic E-state index is 12.5. The average Bonchev–Trinajstić information content (AvgIpc) is 2.91. The van der Waals surface area contributed by atoms with E-state index in [0.29, 0.717) is 6.42 Å². The van der Waals surface area contributed by atoms with Crippen molar-refractivity contribution in [1.29, 1.82) is 0 Å². The van der Waals surface area contributed by atoms with E-state index < -0.39 is 20.0 Å². The van der Waals surface area contributed by atoms with Crippen LogP contribution in [0.4, 0.5) is 0 Å². The Bertz CT molecular complexity index is 754. The predicted molar refractivity (Wildman–Crippen MR) is 161 cm³/mol. The van der Waals surface area contributed by atoms with Crippen molar-refractivity contribution in [2.45, 2.75) is 116 Å². The van der Waals surface area contributed by atoms with Gasteiger partial charge in [0.2, 0.25) is 5.91 Å². The molecule has 0 aromatic rings. The molecule has 0 spiro atoms. The molecule has 0 rings (SSSR count). The van der Waals surface area contributed by atoms with E-state index >= 15 is 0 Å². The molecule has 0 heterocycles. The Kier molecular flexibility index (Phi) is 25.6. The third-order valence-electron chi connectivity index (χ3n) is 5.91. The number of phosphoric ester groups is 1. The number of rotatable bonds is 26. The number of hydrogen-bond acceptors (Lipinski definition) is 6. The summed E-state index contributed by atoms with van der Waals surface area (Å²) in [6, 6.07) is -0.871. The SMILES string of the molecule is CC/C=C\C/C=C\C/C=C\CCCCCC(=O)NC(COP(=O)(O)OCCN)C(O)/C=C/CCCCCCC. The minimum absolute atomic E-state index is 0.0709. The van der Waals surface area contributed by atoms with Crippen LogP contribution in [0.1, 0.15) is 104 Å². The van der Waals surface area contributed by atoms with Gasteiger partial charge in [0.15, 0.2) is 0 Å². The molecule has 0 aliphatic heterocycles. The lowest BCUT2D eigenvalue weighted by atomic mass is 10.1. The number of allylic oxidation sites excluding steroid dienone is 7. The van der Waals surface area contributed by atoms with Crippen LogP contribution < -0.4 is 11.1 Å². The van der Waals surface area contributed by atoms with Gasteiger partial charge in [-0.2, -0.15) is 0 Å². The highest BCUT2D eigenvalue weighted by molar-refractivity contribution is 7.47. The van der Waals surface area contributed by atoms with E-state index in [0.717, 1.165) is 64.2 Å². The Morgan fingerprint density at radius 1 is 0.872 bits per heavy atom. The summed E-state index contributed by atoms with van der Waals surface area (Å²) in [7, 11) is -4.32. The maximum atomic E-state index is 12.5. The summed E-state index contributed by atoms with van der Waals surface area (Å²) >= 11 is 0. The van der Waals surface area contributed by atoms with Crippen LogP contribution in [0.5, 0.6) is 0 Å². The second kappa shape index (κ2) is 26.7. The van der Waals surface area contributed by atoms with E-state index in [1.54, 1.807) is 6.08 Å². The van der Waals surface area contributed by atoms with Crippen molar-refractivity contribution in [3.05, 3.63) is 48.6 Å². The molecule has 0 saturated heterocycles. The zero-order valence-corrected chi connectivity index (χ0v) is 25.2. The topological polar surface area (TPSA) is 131 Å². The Hall–Kier alpha value is -1.54. The predicted octanol–water partition coefficient (Wildman–Crippen LogP) is 6.65. The van der Waals surface area contributed by atoms with E-state index in [9.17, 15) is 19.4 Å². The molecule has 0 radical (unpaired) electrons. The Labute approximate surface area is 237 Å². The lowest BCUT2D eigenvalue weighted by Gasteiger charge is -2.23. The number of aliphatic hydroxyl groups is 1. The highest BCUT2D eigenvalue weighted by Gasteiger charge is 2.26. The normalized spacial score (nSPS) is 15.5. The molecule has 226 valence electrons. The van der Waals surface area contributed by atoms with Crippen molar-refractivity contribution in [3.63, 3.8) is 0 Å². The van der Waals surface area contributed by atoms with Crippen LogP contribution in [0, 0.1) is 0 Å². The van der Waals surface area contributed by atoms with Crippen LogP contribution in [-0.4, -0.2) is 47.8 Å². The number of phosphoric acid groups is 1. The number of nitrogens with one attached hydrogen (secondary N) is 1. The number of carbonyl (C=O) groups is 1. The number of amides is 1. The summed E-state index contributed by atoms with van der Waals surface area (Å²) in [6.07, 6.45) is 28.9. The fourth-order valence-electron chi connectivity index (χ4n) is 3.67. The molecule has 0 aromatic heterocycles. The van der Waals surface area contributed by atoms with Crippen molar-refractivity contribution in [2.24, 2.45) is 5.73 Å². The quantitative estimate of drug-likeness (QED) is 0.0520. The van der Waals surface area contributed by atoms with Gasteiger partial charge in [0.1, 0.15) is 0 Å². The van der Waals surface area contributed by atoms with E-state index in [1.165, 1.54) is 19.3 Å². The first kappa shape index (κ1) is 37.5. The number of unbranched alkanes of at least 4 members (excludes halogenated alkanes) is 8. The summed E-state index contributed by atoms with van der Waals surface area (Å²) in [5.74, 6) is -0.232. The van der Waals surface area contributed by atoms with E-state index in [-0.39, 0.29) is 25.7 Å². The van der Waals surface area contributed by atoms with Gasteiger partial charge in [-0.05, 0) is 51.4 Å². The zero-order valence-electron chi connectivity index (χ0n) is 24.3. The fraction of sp³-hybridized carbons (Fsp3) is 0.700. The molecule has 1 amide bonds. The van der Waals surface area contributed by atoms with Gasteiger partial charge in [-0.25, -0.2) is 4.57 Å². The minimum Gasteiger partial charge on any atom is -0.387 e. The van der Waals surface area contributed by atoms with Crippen molar-refractivity contribution in [3.8, 4) is 0 Å². The molecule has 0 saturated carbocycles. The van der Waals surface area contributed by atoms with Crippen LogP contribution in [0.15, 0.2) is 48.6 Å². The molecule has 3 unspecified atom stereocenters. The van der Waals surface area contributed by atoms with Crippen LogP contribution in [-0.2, 0) is 18.4 Å².